The molecule has 4 heteroatoms. The van der Waals surface area contributed by atoms with Gasteiger partial charge in [0.05, 0.1) is 11.7 Å². The summed E-state index contributed by atoms with van der Waals surface area (Å²) in [6.45, 7) is 5.67. The molecule has 0 radical (unpaired) electrons. The van der Waals surface area contributed by atoms with Crippen LogP contribution in [0.3, 0.4) is 0 Å². The van der Waals surface area contributed by atoms with Crippen molar-refractivity contribution in [3.8, 4) is 0 Å². The van der Waals surface area contributed by atoms with Crippen LogP contribution in [-0.4, -0.2) is 29.9 Å². The maximum atomic E-state index is 9.98. The van der Waals surface area contributed by atoms with Crippen LogP contribution in [0.1, 0.15) is 38.4 Å². The zero-order chi connectivity index (χ0) is 12.3. The Hall–Kier alpha value is -0.420. The summed E-state index contributed by atoms with van der Waals surface area (Å²) in [5.41, 5.74) is 0.970. The van der Waals surface area contributed by atoms with E-state index in [4.69, 9.17) is 4.74 Å². The second kappa shape index (κ2) is 5.48. The quantitative estimate of drug-likeness (QED) is 0.867. The molecule has 2 heterocycles. The number of nitrogens with one attached hydrogen (secondary N) is 1. The Balaban J connectivity index is 1.78. The van der Waals surface area contributed by atoms with E-state index in [0.29, 0.717) is 12.6 Å². The summed E-state index contributed by atoms with van der Waals surface area (Å²) in [7, 11) is 0. The fourth-order valence-electron chi connectivity index (χ4n) is 2.27. The van der Waals surface area contributed by atoms with Crippen molar-refractivity contribution in [2.45, 2.75) is 44.4 Å². The Kier molecular flexibility index (Phi) is 4.20. The van der Waals surface area contributed by atoms with Crippen LogP contribution >= 0.6 is 11.3 Å². The summed E-state index contributed by atoms with van der Waals surface area (Å²) in [6, 6.07) is 2.43. The minimum atomic E-state index is -0.396. The van der Waals surface area contributed by atoms with Crippen molar-refractivity contribution in [1.82, 2.24) is 5.32 Å². The molecule has 0 aromatic carbocycles. The van der Waals surface area contributed by atoms with Crippen molar-refractivity contribution in [3.63, 3.8) is 0 Å². The number of hydrogen-bond donors (Lipinski definition) is 2. The minimum Gasteiger partial charge on any atom is -0.387 e. The van der Waals surface area contributed by atoms with Gasteiger partial charge in [-0.2, -0.15) is 11.3 Å². The highest BCUT2D eigenvalue weighted by atomic mass is 32.1. The lowest BCUT2D eigenvalue weighted by atomic mass is 9.94. The third kappa shape index (κ3) is 3.78. The largest absolute Gasteiger partial charge is 0.387 e. The lowest BCUT2D eigenvalue weighted by Gasteiger charge is -2.36. The van der Waals surface area contributed by atoms with Crippen LogP contribution in [0, 0.1) is 0 Å². The maximum Gasteiger partial charge on any atom is 0.0922 e. The van der Waals surface area contributed by atoms with Crippen molar-refractivity contribution in [1.29, 1.82) is 0 Å². The Bertz CT molecular complexity index is 337. The molecule has 2 atom stereocenters. The SMILES string of the molecule is CC1(C)CC(NCC(O)c2ccsc2)CCO1. The van der Waals surface area contributed by atoms with Gasteiger partial charge < -0.3 is 15.2 Å². The molecule has 0 spiro atoms. The van der Waals surface area contributed by atoms with Crippen LogP contribution in [0.25, 0.3) is 0 Å². The second-order valence-electron chi connectivity index (χ2n) is 5.28. The summed E-state index contributed by atoms with van der Waals surface area (Å²) in [4.78, 5) is 0. The van der Waals surface area contributed by atoms with Crippen molar-refractivity contribution in [3.05, 3.63) is 22.4 Å². The summed E-state index contributed by atoms with van der Waals surface area (Å²) in [5.74, 6) is 0. The van der Waals surface area contributed by atoms with Gasteiger partial charge in [0.15, 0.2) is 0 Å². The molecule has 2 rings (SSSR count). The number of rotatable bonds is 4. The van der Waals surface area contributed by atoms with Crippen LogP contribution in [0.4, 0.5) is 0 Å². The molecule has 2 unspecified atom stereocenters. The van der Waals surface area contributed by atoms with E-state index >= 15 is 0 Å². The molecular weight excluding hydrogens is 234 g/mol. The van der Waals surface area contributed by atoms with E-state index in [1.165, 1.54) is 0 Å². The molecule has 1 aliphatic rings. The van der Waals surface area contributed by atoms with Crippen LogP contribution < -0.4 is 5.32 Å². The summed E-state index contributed by atoms with van der Waals surface area (Å²) < 4.78 is 5.67. The Morgan fingerprint density at radius 1 is 1.65 bits per heavy atom. The molecule has 17 heavy (non-hydrogen) atoms. The average molecular weight is 255 g/mol. The fraction of sp³-hybridized carbons (Fsp3) is 0.692. The first-order valence-electron chi connectivity index (χ1n) is 6.14. The van der Waals surface area contributed by atoms with Gasteiger partial charge in [-0.25, -0.2) is 0 Å². The van der Waals surface area contributed by atoms with Crippen LogP contribution in [0.2, 0.25) is 0 Å². The second-order valence-corrected chi connectivity index (χ2v) is 6.06. The molecule has 0 saturated carbocycles. The van der Waals surface area contributed by atoms with E-state index in [0.717, 1.165) is 25.0 Å². The molecule has 1 aromatic heterocycles. The van der Waals surface area contributed by atoms with Gasteiger partial charge in [0.2, 0.25) is 0 Å². The number of hydrogen-bond acceptors (Lipinski definition) is 4. The van der Waals surface area contributed by atoms with E-state index in [9.17, 15) is 5.11 Å². The molecule has 1 saturated heterocycles. The number of thiophene rings is 1. The highest BCUT2D eigenvalue weighted by molar-refractivity contribution is 7.07. The lowest BCUT2D eigenvalue weighted by Crippen LogP contribution is -2.44. The normalized spacial score (nSPS) is 25.7. The molecule has 1 fully saturated rings. The highest BCUT2D eigenvalue weighted by Crippen LogP contribution is 2.24. The van der Waals surface area contributed by atoms with Crippen molar-refractivity contribution in [2.24, 2.45) is 0 Å². The number of aliphatic hydroxyl groups is 1. The molecule has 96 valence electrons. The van der Waals surface area contributed by atoms with Crippen molar-refractivity contribution >= 4 is 11.3 Å². The summed E-state index contributed by atoms with van der Waals surface area (Å²) in [5, 5.41) is 17.4. The van der Waals surface area contributed by atoms with Crippen molar-refractivity contribution < 1.29 is 9.84 Å². The first kappa shape index (κ1) is 13.0. The Morgan fingerprint density at radius 2 is 2.47 bits per heavy atom. The molecule has 1 aromatic rings. The van der Waals surface area contributed by atoms with Crippen molar-refractivity contribution in [2.75, 3.05) is 13.2 Å². The molecule has 2 N–H and O–H groups in total. The maximum absolute atomic E-state index is 9.98. The predicted molar refractivity (Wildman–Crippen MR) is 70.3 cm³/mol. The molecule has 1 aliphatic heterocycles. The molecule has 0 aliphatic carbocycles. The first-order valence-corrected chi connectivity index (χ1v) is 7.09. The van der Waals surface area contributed by atoms with Gasteiger partial charge in [-0.1, -0.05) is 0 Å². The Morgan fingerprint density at radius 3 is 3.12 bits per heavy atom. The van der Waals surface area contributed by atoms with E-state index in [1.807, 2.05) is 16.8 Å². The molecule has 3 nitrogen and oxygen atoms in total. The zero-order valence-electron chi connectivity index (χ0n) is 10.5. The van der Waals surface area contributed by atoms with Gasteiger partial charge in [-0.05, 0) is 49.1 Å². The fourth-order valence-corrected chi connectivity index (χ4v) is 2.97. The van der Waals surface area contributed by atoms with E-state index < -0.39 is 6.10 Å². The van der Waals surface area contributed by atoms with Gasteiger partial charge in [-0.15, -0.1) is 0 Å². The van der Waals surface area contributed by atoms with E-state index in [1.54, 1.807) is 11.3 Å². The average Bonchev–Trinajstić information content (AvgIpc) is 2.78. The lowest BCUT2D eigenvalue weighted by molar-refractivity contribution is -0.0638. The molecule has 0 bridgehead atoms. The van der Waals surface area contributed by atoms with Crippen LogP contribution in [-0.2, 0) is 4.74 Å². The first-order chi connectivity index (χ1) is 8.07. The third-order valence-corrected chi connectivity index (χ3v) is 3.93. The number of ether oxygens (including phenoxy) is 1. The summed E-state index contributed by atoms with van der Waals surface area (Å²) >= 11 is 1.62. The number of aliphatic hydroxyl groups excluding tert-OH is 1. The topological polar surface area (TPSA) is 41.5 Å². The van der Waals surface area contributed by atoms with Gasteiger partial charge >= 0.3 is 0 Å². The van der Waals surface area contributed by atoms with Gasteiger partial charge in [0.1, 0.15) is 0 Å². The standard InChI is InChI=1S/C13H21NO2S/c1-13(2)7-11(3-5-16-13)14-8-12(15)10-4-6-17-9-10/h4,6,9,11-12,14-15H,3,5,7-8H2,1-2H3. The van der Waals surface area contributed by atoms with Gasteiger partial charge in [-0.3, -0.25) is 0 Å². The van der Waals surface area contributed by atoms with Crippen LogP contribution in [0.5, 0.6) is 0 Å². The Labute approximate surface area is 107 Å². The minimum absolute atomic E-state index is 0.0384. The zero-order valence-corrected chi connectivity index (χ0v) is 11.3. The van der Waals surface area contributed by atoms with Gasteiger partial charge in [0.25, 0.3) is 0 Å². The van der Waals surface area contributed by atoms with E-state index in [2.05, 4.69) is 19.2 Å². The smallest absolute Gasteiger partial charge is 0.0922 e. The summed E-state index contributed by atoms with van der Waals surface area (Å²) in [6.07, 6.45) is 1.63. The monoisotopic (exact) mass is 255 g/mol. The van der Waals surface area contributed by atoms with Gasteiger partial charge in [0, 0.05) is 19.2 Å². The molecule has 0 amide bonds. The highest BCUT2D eigenvalue weighted by Gasteiger charge is 2.28. The van der Waals surface area contributed by atoms with Crippen LogP contribution in [0.15, 0.2) is 16.8 Å². The molecular formula is C13H21NO2S. The third-order valence-electron chi connectivity index (χ3n) is 3.22. The predicted octanol–water partition coefficient (Wildman–Crippen LogP) is 2.33. The van der Waals surface area contributed by atoms with E-state index in [-0.39, 0.29) is 5.60 Å².